The van der Waals surface area contributed by atoms with E-state index in [0.29, 0.717) is 5.75 Å². The molecule has 1 aliphatic rings. The molecule has 0 N–H and O–H groups in total. The number of para-hydroxylation sites is 1. The molecule has 15 heavy (non-hydrogen) atoms. The Morgan fingerprint density at radius 2 is 2.00 bits per heavy atom. The van der Waals surface area contributed by atoms with Gasteiger partial charge in [-0.1, -0.05) is 6.07 Å². The average molecular weight is 232 g/mol. The Bertz CT molecular complexity index is 382. The SMILES string of the molecule is C[SiH](C)Oc1cccc2c1OC(F)(F)O2. The topological polar surface area (TPSA) is 27.7 Å². The third-order valence-corrected chi connectivity index (χ3v) is 2.48. The van der Waals surface area contributed by atoms with E-state index in [1.54, 1.807) is 12.1 Å². The van der Waals surface area contributed by atoms with Gasteiger partial charge in [0.05, 0.1) is 0 Å². The highest BCUT2D eigenvalue weighted by molar-refractivity contribution is 6.49. The molecule has 6 heteroatoms. The van der Waals surface area contributed by atoms with E-state index in [1.165, 1.54) is 6.07 Å². The predicted octanol–water partition coefficient (Wildman–Crippen LogP) is 2.37. The number of hydrogen-bond donors (Lipinski definition) is 0. The molecular formula is C9H10F2O3Si. The maximum Gasteiger partial charge on any atom is 0.586 e. The highest BCUT2D eigenvalue weighted by Gasteiger charge is 2.44. The maximum absolute atomic E-state index is 12.8. The molecule has 0 aromatic heterocycles. The average Bonchev–Trinajstić information content (AvgIpc) is 2.39. The van der Waals surface area contributed by atoms with E-state index >= 15 is 0 Å². The summed E-state index contributed by atoms with van der Waals surface area (Å²) in [6.07, 6.45) is -3.58. The smallest absolute Gasteiger partial charge is 0.544 e. The molecule has 0 atom stereocenters. The summed E-state index contributed by atoms with van der Waals surface area (Å²) in [4.78, 5) is 0. The van der Waals surface area contributed by atoms with Crippen LogP contribution >= 0.6 is 0 Å². The van der Waals surface area contributed by atoms with Crippen molar-refractivity contribution in [2.75, 3.05) is 0 Å². The molecule has 0 spiro atoms. The third kappa shape index (κ3) is 2.04. The predicted molar refractivity (Wildman–Crippen MR) is 52.2 cm³/mol. The fourth-order valence-corrected chi connectivity index (χ4v) is 1.98. The summed E-state index contributed by atoms with van der Waals surface area (Å²) in [6.45, 7) is 3.88. The maximum atomic E-state index is 12.8. The van der Waals surface area contributed by atoms with Crippen LogP contribution in [0.15, 0.2) is 18.2 Å². The first-order valence-electron chi connectivity index (χ1n) is 4.53. The summed E-state index contributed by atoms with van der Waals surface area (Å²) in [5.74, 6) is 0.335. The van der Waals surface area contributed by atoms with Crippen LogP contribution < -0.4 is 13.9 Å². The molecule has 0 radical (unpaired) electrons. The van der Waals surface area contributed by atoms with Gasteiger partial charge in [-0.15, -0.1) is 8.78 Å². The van der Waals surface area contributed by atoms with Crippen LogP contribution in [0.4, 0.5) is 8.78 Å². The summed E-state index contributed by atoms with van der Waals surface area (Å²) in [7, 11) is -1.36. The monoisotopic (exact) mass is 232 g/mol. The van der Waals surface area contributed by atoms with Gasteiger partial charge in [0.1, 0.15) is 0 Å². The number of rotatable bonds is 2. The number of ether oxygens (including phenoxy) is 2. The Balaban J connectivity index is 2.33. The Hall–Kier alpha value is -1.30. The molecule has 82 valence electrons. The molecule has 0 aliphatic carbocycles. The zero-order valence-corrected chi connectivity index (χ0v) is 9.44. The van der Waals surface area contributed by atoms with Crippen molar-refractivity contribution in [1.29, 1.82) is 0 Å². The van der Waals surface area contributed by atoms with Crippen molar-refractivity contribution in [1.82, 2.24) is 0 Å². The first kappa shape index (κ1) is 10.2. The van der Waals surface area contributed by atoms with Crippen molar-refractivity contribution < 1.29 is 22.7 Å². The molecule has 2 rings (SSSR count). The van der Waals surface area contributed by atoms with E-state index in [9.17, 15) is 8.78 Å². The van der Waals surface area contributed by atoms with Crippen molar-refractivity contribution in [2.45, 2.75) is 19.4 Å². The van der Waals surface area contributed by atoms with Crippen molar-refractivity contribution in [3.8, 4) is 17.2 Å². The van der Waals surface area contributed by atoms with E-state index in [0.717, 1.165) is 0 Å². The zero-order chi connectivity index (χ0) is 11.1. The Morgan fingerprint density at radius 3 is 2.67 bits per heavy atom. The lowest BCUT2D eigenvalue weighted by atomic mass is 10.3. The first-order valence-corrected chi connectivity index (χ1v) is 7.31. The largest absolute Gasteiger partial charge is 0.586 e. The number of halogens is 2. The molecule has 0 amide bonds. The normalized spacial score (nSPS) is 16.9. The second kappa shape index (κ2) is 3.37. The van der Waals surface area contributed by atoms with Crippen LogP contribution in [0.3, 0.4) is 0 Å². The van der Waals surface area contributed by atoms with Gasteiger partial charge >= 0.3 is 6.29 Å². The minimum atomic E-state index is -3.58. The van der Waals surface area contributed by atoms with Gasteiger partial charge in [-0.25, -0.2) is 0 Å². The highest BCUT2D eigenvalue weighted by atomic mass is 28.3. The molecule has 1 heterocycles. The quantitative estimate of drug-likeness (QED) is 0.733. The standard InChI is InChI=1S/C9H10F2O3Si/c1-15(2)14-7-5-3-4-6-8(7)13-9(10,11)12-6/h3-5,15H,1-2H3. The minimum Gasteiger partial charge on any atom is -0.544 e. The van der Waals surface area contributed by atoms with Gasteiger partial charge in [-0.05, 0) is 25.2 Å². The lowest BCUT2D eigenvalue weighted by Gasteiger charge is -2.11. The first-order chi connectivity index (χ1) is 6.98. The van der Waals surface area contributed by atoms with E-state index in [1.807, 2.05) is 13.1 Å². The van der Waals surface area contributed by atoms with Crippen LogP contribution in [0.2, 0.25) is 13.1 Å². The lowest BCUT2D eigenvalue weighted by Crippen LogP contribution is -2.26. The summed E-state index contributed by atoms with van der Waals surface area (Å²) >= 11 is 0. The molecule has 1 aromatic rings. The minimum absolute atomic E-state index is 0.0105. The second-order valence-electron chi connectivity index (χ2n) is 3.42. The van der Waals surface area contributed by atoms with Gasteiger partial charge in [0.2, 0.25) is 14.8 Å². The van der Waals surface area contributed by atoms with E-state index < -0.39 is 15.3 Å². The van der Waals surface area contributed by atoms with Gasteiger partial charge in [-0.2, -0.15) is 0 Å². The summed E-state index contributed by atoms with van der Waals surface area (Å²) in [5.41, 5.74) is 0. The molecular weight excluding hydrogens is 222 g/mol. The number of fused-ring (bicyclic) bond motifs is 1. The molecule has 0 saturated heterocycles. The summed E-state index contributed by atoms with van der Waals surface area (Å²) in [5, 5.41) is 0. The third-order valence-electron chi connectivity index (χ3n) is 1.76. The highest BCUT2D eigenvalue weighted by Crippen LogP contribution is 2.46. The van der Waals surface area contributed by atoms with Crippen molar-refractivity contribution in [3.63, 3.8) is 0 Å². The van der Waals surface area contributed by atoms with Gasteiger partial charge in [0.25, 0.3) is 0 Å². The summed E-state index contributed by atoms with van der Waals surface area (Å²) < 4.78 is 39.6. The Labute approximate surface area is 87.3 Å². The van der Waals surface area contributed by atoms with Crippen molar-refractivity contribution in [2.24, 2.45) is 0 Å². The summed E-state index contributed by atoms with van der Waals surface area (Å²) in [6, 6.07) is 4.61. The Kier molecular flexibility index (Phi) is 2.30. The van der Waals surface area contributed by atoms with Crippen LogP contribution in [-0.4, -0.2) is 15.3 Å². The molecule has 0 fully saturated rings. The molecule has 3 nitrogen and oxygen atoms in total. The second-order valence-corrected chi connectivity index (χ2v) is 5.75. The lowest BCUT2D eigenvalue weighted by molar-refractivity contribution is -0.287. The molecule has 1 aliphatic heterocycles. The van der Waals surface area contributed by atoms with Crippen LogP contribution in [0, 0.1) is 0 Å². The Morgan fingerprint density at radius 1 is 1.27 bits per heavy atom. The van der Waals surface area contributed by atoms with Crippen LogP contribution in [0.1, 0.15) is 0 Å². The van der Waals surface area contributed by atoms with Gasteiger partial charge < -0.3 is 13.9 Å². The number of benzene rings is 1. The van der Waals surface area contributed by atoms with E-state index in [4.69, 9.17) is 4.43 Å². The molecule has 0 saturated carbocycles. The van der Waals surface area contributed by atoms with Gasteiger partial charge in [0, 0.05) is 0 Å². The van der Waals surface area contributed by atoms with Crippen molar-refractivity contribution >= 4 is 9.04 Å². The van der Waals surface area contributed by atoms with Crippen molar-refractivity contribution in [3.05, 3.63) is 18.2 Å². The molecule has 0 unspecified atom stereocenters. The van der Waals surface area contributed by atoms with Crippen LogP contribution in [-0.2, 0) is 0 Å². The van der Waals surface area contributed by atoms with Crippen LogP contribution in [0.5, 0.6) is 17.2 Å². The number of hydrogen-bond acceptors (Lipinski definition) is 3. The molecule has 0 bridgehead atoms. The molecule has 1 aromatic carbocycles. The number of alkyl halides is 2. The van der Waals surface area contributed by atoms with Crippen LogP contribution in [0.25, 0.3) is 0 Å². The van der Waals surface area contributed by atoms with E-state index in [-0.39, 0.29) is 11.5 Å². The van der Waals surface area contributed by atoms with Gasteiger partial charge in [0.15, 0.2) is 11.5 Å². The zero-order valence-electron chi connectivity index (χ0n) is 8.29. The fraction of sp³-hybridized carbons (Fsp3) is 0.333. The van der Waals surface area contributed by atoms with Gasteiger partial charge in [-0.3, -0.25) is 0 Å². The van der Waals surface area contributed by atoms with E-state index in [2.05, 4.69) is 9.47 Å². The fourth-order valence-electron chi connectivity index (χ4n) is 1.29.